The van der Waals surface area contributed by atoms with Gasteiger partial charge in [-0.05, 0) is 23.6 Å². The highest BCUT2D eigenvalue weighted by molar-refractivity contribution is 9.10. The second-order valence-electron chi connectivity index (χ2n) is 5.98. The van der Waals surface area contributed by atoms with Crippen molar-refractivity contribution in [3.63, 3.8) is 0 Å². The summed E-state index contributed by atoms with van der Waals surface area (Å²) in [6.07, 6.45) is 0.159. The summed E-state index contributed by atoms with van der Waals surface area (Å²) in [5.74, 6) is -0.318. The van der Waals surface area contributed by atoms with Gasteiger partial charge in [-0.15, -0.1) is 21.5 Å². The van der Waals surface area contributed by atoms with E-state index < -0.39 is 0 Å². The molecule has 10 heteroatoms. The molecule has 0 aliphatic rings. The third-order valence-corrected chi connectivity index (χ3v) is 6.18. The number of amides is 2. The largest absolute Gasteiger partial charge is 0.383 e. The summed E-state index contributed by atoms with van der Waals surface area (Å²) < 4.78 is 6.03. The zero-order valence-corrected chi connectivity index (χ0v) is 18.8. The second kappa shape index (κ2) is 10.6. The zero-order chi connectivity index (χ0) is 20.6. The van der Waals surface area contributed by atoms with Crippen molar-refractivity contribution in [3.05, 3.63) is 51.1 Å². The molecule has 1 N–H and O–H groups in total. The van der Waals surface area contributed by atoms with Gasteiger partial charge in [-0.25, -0.2) is 0 Å². The molecule has 0 radical (unpaired) electrons. The van der Waals surface area contributed by atoms with Crippen LogP contribution in [0.2, 0.25) is 0 Å². The Hall–Kier alpha value is -2.14. The molecule has 3 rings (SSSR count). The molecule has 3 aromatic rings. The highest BCUT2D eigenvalue weighted by atomic mass is 79.9. The number of carbonyl (C=O) groups is 2. The summed E-state index contributed by atoms with van der Waals surface area (Å²) in [6.45, 7) is 1.13. The first-order valence-corrected chi connectivity index (χ1v) is 11.3. The van der Waals surface area contributed by atoms with E-state index in [1.807, 2.05) is 35.7 Å². The number of hydrogen-bond acceptors (Lipinski definition) is 7. The Morgan fingerprint density at radius 3 is 2.79 bits per heavy atom. The number of nitrogens with one attached hydrogen (secondary N) is 1. The topological polar surface area (TPSA) is 84.4 Å². The maximum absolute atomic E-state index is 12.6. The quantitative estimate of drug-likeness (QED) is 0.482. The van der Waals surface area contributed by atoms with E-state index in [1.165, 1.54) is 22.7 Å². The number of methoxy groups -OCH3 is 1. The van der Waals surface area contributed by atoms with E-state index in [1.54, 1.807) is 18.1 Å². The molecule has 0 spiro atoms. The molecule has 152 valence electrons. The summed E-state index contributed by atoms with van der Waals surface area (Å²) in [5, 5.41) is 13.9. The van der Waals surface area contributed by atoms with Gasteiger partial charge in [0.25, 0.3) is 5.91 Å². The van der Waals surface area contributed by atoms with Crippen molar-refractivity contribution in [2.24, 2.45) is 0 Å². The Labute approximate surface area is 184 Å². The van der Waals surface area contributed by atoms with Gasteiger partial charge in [0.05, 0.1) is 11.5 Å². The molecule has 0 unspecified atom stereocenters. The SMILES string of the molecule is COCCN(CCC(=O)Nc1nnc(-c2cccc(Br)c2)s1)C(=O)c1cccs1. The summed E-state index contributed by atoms with van der Waals surface area (Å²) in [4.78, 5) is 27.2. The fourth-order valence-corrected chi connectivity index (χ4v) is 4.35. The molecule has 2 aromatic heterocycles. The van der Waals surface area contributed by atoms with Gasteiger partial charge in [0.1, 0.15) is 5.01 Å². The van der Waals surface area contributed by atoms with E-state index in [0.717, 1.165) is 15.0 Å². The van der Waals surface area contributed by atoms with Crippen LogP contribution in [0.25, 0.3) is 10.6 Å². The minimum atomic E-state index is -0.219. The van der Waals surface area contributed by atoms with Gasteiger partial charge in [-0.2, -0.15) is 0 Å². The maximum Gasteiger partial charge on any atom is 0.264 e. The van der Waals surface area contributed by atoms with Gasteiger partial charge >= 0.3 is 0 Å². The van der Waals surface area contributed by atoms with E-state index in [-0.39, 0.29) is 18.2 Å². The molecule has 0 fully saturated rings. The Morgan fingerprint density at radius 2 is 2.07 bits per heavy atom. The first-order chi connectivity index (χ1) is 14.1. The van der Waals surface area contributed by atoms with E-state index >= 15 is 0 Å². The molecule has 1 aromatic carbocycles. The first-order valence-electron chi connectivity index (χ1n) is 8.78. The van der Waals surface area contributed by atoms with Crippen LogP contribution in [0.3, 0.4) is 0 Å². The van der Waals surface area contributed by atoms with Crippen LogP contribution in [0.15, 0.2) is 46.3 Å². The predicted molar refractivity (Wildman–Crippen MR) is 118 cm³/mol. The fourth-order valence-electron chi connectivity index (χ4n) is 2.50. The number of carbonyl (C=O) groups excluding carboxylic acids is 2. The number of thiophene rings is 1. The lowest BCUT2D eigenvalue weighted by molar-refractivity contribution is -0.116. The molecule has 0 saturated carbocycles. The van der Waals surface area contributed by atoms with E-state index in [2.05, 4.69) is 31.4 Å². The Bertz CT molecular complexity index is 962. The fraction of sp³-hybridized carbons (Fsp3) is 0.263. The lowest BCUT2D eigenvalue weighted by atomic mass is 10.2. The van der Waals surface area contributed by atoms with Crippen LogP contribution in [0.4, 0.5) is 5.13 Å². The average molecular weight is 495 g/mol. The normalized spacial score (nSPS) is 10.7. The van der Waals surface area contributed by atoms with Crippen molar-refractivity contribution in [3.8, 4) is 10.6 Å². The third kappa shape index (κ3) is 6.17. The number of nitrogens with zero attached hydrogens (tertiary/aromatic N) is 3. The van der Waals surface area contributed by atoms with Crippen molar-refractivity contribution in [2.75, 3.05) is 32.1 Å². The van der Waals surface area contributed by atoms with Crippen LogP contribution in [-0.4, -0.2) is 53.7 Å². The van der Waals surface area contributed by atoms with Crippen molar-refractivity contribution >= 4 is 55.5 Å². The molecule has 0 saturated heterocycles. The van der Waals surface area contributed by atoms with Crippen molar-refractivity contribution < 1.29 is 14.3 Å². The lowest BCUT2D eigenvalue weighted by Gasteiger charge is -2.21. The summed E-state index contributed by atoms with van der Waals surface area (Å²) in [6, 6.07) is 11.3. The Balaban J connectivity index is 1.57. The maximum atomic E-state index is 12.6. The monoisotopic (exact) mass is 494 g/mol. The third-order valence-electron chi connectivity index (χ3n) is 3.94. The first kappa shape index (κ1) is 21.6. The number of rotatable bonds is 9. The van der Waals surface area contributed by atoms with Crippen LogP contribution in [-0.2, 0) is 9.53 Å². The second-order valence-corrected chi connectivity index (χ2v) is 8.82. The smallest absolute Gasteiger partial charge is 0.264 e. The summed E-state index contributed by atoms with van der Waals surface area (Å²) in [7, 11) is 1.58. The van der Waals surface area contributed by atoms with Gasteiger partial charge in [0.2, 0.25) is 11.0 Å². The molecular weight excluding hydrogens is 476 g/mol. The van der Waals surface area contributed by atoms with Gasteiger partial charge in [-0.3, -0.25) is 9.59 Å². The molecule has 2 amide bonds. The van der Waals surface area contributed by atoms with Gasteiger partial charge in [0.15, 0.2) is 0 Å². The molecule has 0 aliphatic carbocycles. The highest BCUT2D eigenvalue weighted by Crippen LogP contribution is 2.28. The van der Waals surface area contributed by atoms with E-state index in [9.17, 15) is 9.59 Å². The van der Waals surface area contributed by atoms with E-state index in [4.69, 9.17) is 4.74 Å². The number of anilines is 1. The number of benzene rings is 1. The van der Waals surface area contributed by atoms with Crippen molar-refractivity contribution in [2.45, 2.75) is 6.42 Å². The predicted octanol–water partition coefficient (Wildman–Crippen LogP) is 4.15. The van der Waals surface area contributed by atoms with Crippen molar-refractivity contribution in [1.29, 1.82) is 0 Å². The van der Waals surface area contributed by atoms with Crippen LogP contribution in [0, 0.1) is 0 Å². The number of halogens is 1. The number of ether oxygens (including phenoxy) is 1. The van der Waals surface area contributed by atoms with Gasteiger partial charge in [-0.1, -0.05) is 45.5 Å². The standard InChI is InChI=1S/C19H19BrN4O3S2/c1-27-10-9-24(18(26)15-6-3-11-28-15)8-7-16(25)21-19-23-22-17(29-19)13-4-2-5-14(20)12-13/h2-6,11-12H,7-10H2,1H3,(H,21,23,25). The van der Waals surface area contributed by atoms with E-state index in [0.29, 0.717) is 29.7 Å². The van der Waals surface area contributed by atoms with Crippen LogP contribution in [0.5, 0.6) is 0 Å². The molecule has 29 heavy (non-hydrogen) atoms. The minimum Gasteiger partial charge on any atom is -0.383 e. The van der Waals surface area contributed by atoms with Gasteiger partial charge < -0.3 is 15.0 Å². The molecule has 0 bridgehead atoms. The summed E-state index contributed by atoms with van der Waals surface area (Å²) >= 11 is 6.11. The minimum absolute atomic E-state index is 0.0993. The highest BCUT2D eigenvalue weighted by Gasteiger charge is 2.18. The van der Waals surface area contributed by atoms with Gasteiger partial charge in [0, 0.05) is 36.7 Å². The van der Waals surface area contributed by atoms with Crippen LogP contribution < -0.4 is 5.32 Å². The zero-order valence-electron chi connectivity index (χ0n) is 15.6. The number of aromatic nitrogens is 2. The van der Waals surface area contributed by atoms with Crippen LogP contribution >= 0.6 is 38.6 Å². The summed E-state index contributed by atoms with van der Waals surface area (Å²) in [5.41, 5.74) is 0.921. The number of hydrogen-bond donors (Lipinski definition) is 1. The average Bonchev–Trinajstić information content (AvgIpc) is 3.40. The Morgan fingerprint density at radius 1 is 1.21 bits per heavy atom. The van der Waals surface area contributed by atoms with Crippen molar-refractivity contribution in [1.82, 2.24) is 15.1 Å². The molecule has 2 heterocycles. The molecule has 7 nitrogen and oxygen atoms in total. The van der Waals surface area contributed by atoms with Crippen LogP contribution in [0.1, 0.15) is 16.1 Å². The Kier molecular flexibility index (Phi) is 7.87. The molecule has 0 aliphatic heterocycles. The molecule has 0 atom stereocenters. The molecular formula is C19H19BrN4O3S2. The lowest BCUT2D eigenvalue weighted by Crippen LogP contribution is -2.36.